The summed E-state index contributed by atoms with van der Waals surface area (Å²) in [7, 11) is 0. The molecule has 0 aromatic heterocycles. The van der Waals surface area contributed by atoms with Crippen LogP contribution in [0.1, 0.15) is 65.2 Å². The topological polar surface area (TPSA) is 29.3 Å². The van der Waals surface area contributed by atoms with Crippen molar-refractivity contribution < 1.29 is 0 Å². The molecule has 0 aromatic rings. The average Bonchev–Trinajstić information content (AvgIpc) is 2.41. The van der Waals surface area contributed by atoms with E-state index in [1.165, 1.54) is 64.5 Å². The first-order chi connectivity index (χ1) is 8.74. The van der Waals surface area contributed by atoms with Crippen LogP contribution in [0.4, 0.5) is 0 Å². The summed E-state index contributed by atoms with van der Waals surface area (Å²) in [5.41, 5.74) is 6.39. The summed E-state index contributed by atoms with van der Waals surface area (Å²) < 4.78 is 0. The lowest BCUT2D eigenvalue weighted by Gasteiger charge is -2.44. The fourth-order valence-electron chi connectivity index (χ4n) is 4.04. The van der Waals surface area contributed by atoms with Crippen molar-refractivity contribution in [2.45, 2.75) is 77.3 Å². The van der Waals surface area contributed by atoms with E-state index in [1.807, 2.05) is 0 Å². The van der Waals surface area contributed by atoms with Crippen LogP contribution in [0.15, 0.2) is 0 Å². The Morgan fingerprint density at radius 1 is 1.00 bits per heavy atom. The Balaban J connectivity index is 1.86. The molecule has 1 saturated carbocycles. The second-order valence-electron chi connectivity index (χ2n) is 6.59. The minimum atomic E-state index is 0.441. The van der Waals surface area contributed by atoms with Gasteiger partial charge in [-0.2, -0.15) is 0 Å². The van der Waals surface area contributed by atoms with E-state index in [0.29, 0.717) is 12.1 Å². The van der Waals surface area contributed by atoms with Crippen molar-refractivity contribution in [3.8, 4) is 0 Å². The average molecular weight is 252 g/mol. The van der Waals surface area contributed by atoms with Crippen LogP contribution in [0, 0.1) is 11.8 Å². The molecule has 0 amide bonds. The zero-order chi connectivity index (χ0) is 13.0. The molecule has 18 heavy (non-hydrogen) atoms. The molecule has 2 fully saturated rings. The largest absolute Gasteiger partial charge is 0.326 e. The summed E-state index contributed by atoms with van der Waals surface area (Å²) in [5, 5.41) is 0. The van der Waals surface area contributed by atoms with Gasteiger partial charge in [-0.05, 0) is 57.0 Å². The Morgan fingerprint density at radius 3 is 2.33 bits per heavy atom. The Kier molecular flexibility index (Phi) is 5.50. The summed E-state index contributed by atoms with van der Waals surface area (Å²) in [4.78, 5) is 2.72. The normalized spacial score (nSPS) is 35.8. The molecule has 2 rings (SSSR count). The van der Waals surface area contributed by atoms with Gasteiger partial charge in [0.1, 0.15) is 0 Å². The van der Waals surface area contributed by atoms with E-state index in [1.54, 1.807) is 0 Å². The van der Waals surface area contributed by atoms with Crippen molar-refractivity contribution in [3.63, 3.8) is 0 Å². The van der Waals surface area contributed by atoms with Gasteiger partial charge in [0.15, 0.2) is 0 Å². The second kappa shape index (κ2) is 6.91. The van der Waals surface area contributed by atoms with E-state index in [2.05, 4.69) is 18.7 Å². The lowest BCUT2D eigenvalue weighted by Crippen LogP contribution is -2.53. The second-order valence-corrected chi connectivity index (χ2v) is 6.59. The van der Waals surface area contributed by atoms with Gasteiger partial charge in [-0.15, -0.1) is 0 Å². The lowest BCUT2D eigenvalue weighted by molar-refractivity contribution is 0.0734. The van der Waals surface area contributed by atoms with Crippen LogP contribution in [-0.4, -0.2) is 30.1 Å². The van der Waals surface area contributed by atoms with E-state index in [9.17, 15) is 0 Å². The highest BCUT2D eigenvalue weighted by molar-refractivity contribution is 4.90. The van der Waals surface area contributed by atoms with Crippen molar-refractivity contribution in [1.29, 1.82) is 0 Å². The van der Waals surface area contributed by atoms with Crippen LogP contribution in [0.5, 0.6) is 0 Å². The fraction of sp³-hybridized carbons (Fsp3) is 1.00. The lowest BCUT2D eigenvalue weighted by atomic mass is 9.79. The molecule has 0 spiro atoms. The van der Waals surface area contributed by atoms with Gasteiger partial charge >= 0.3 is 0 Å². The Hall–Kier alpha value is -0.0800. The van der Waals surface area contributed by atoms with Gasteiger partial charge in [-0.25, -0.2) is 0 Å². The van der Waals surface area contributed by atoms with Gasteiger partial charge in [0.05, 0.1) is 0 Å². The molecule has 2 nitrogen and oxygen atoms in total. The highest BCUT2D eigenvalue weighted by atomic mass is 15.2. The molecule has 2 N–H and O–H groups in total. The van der Waals surface area contributed by atoms with Crippen molar-refractivity contribution in [2.75, 3.05) is 13.1 Å². The van der Waals surface area contributed by atoms with Crippen LogP contribution in [0.2, 0.25) is 0 Å². The highest BCUT2D eigenvalue weighted by Gasteiger charge is 2.33. The molecule has 2 aliphatic rings. The van der Waals surface area contributed by atoms with Gasteiger partial charge in [0, 0.05) is 12.1 Å². The van der Waals surface area contributed by atoms with E-state index >= 15 is 0 Å². The fourth-order valence-corrected chi connectivity index (χ4v) is 4.04. The summed E-state index contributed by atoms with van der Waals surface area (Å²) in [6.45, 7) is 7.26. The molecule has 0 bridgehead atoms. The highest BCUT2D eigenvalue weighted by Crippen LogP contribution is 2.32. The maximum absolute atomic E-state index is 6.39. The number of hydrogen-bond acceptors (Lipinski definition) is 2. The summed E-state index contributed by atoms with van der Waals surface area (Å²) in [6.07, 6.45) is 10.9. The van der Waals surface area contributed by atoms with Crippen molar-refractivity contribution >= 4 is 0 Å². The van der Waals surface area contributed by atoms with Gasteiger partial charge in [-0.3, -0.25) is 4.90 Å². The Labute approximate surface area is 113 Å². The molecule has 3 atom stereocenters. The third-order valence-corrected chi connectivity index (χ3v) is 5.37. The number of piperidine rings is 1. The smallest absolute Gasteiger partial charge is 0.0249 e. The van der Waals surface area contributed by atoms with Gasteiger partial charge in [0.2, 0.25) is 0 Å². The first kappa shape index (κ1) is 14.3. The van der Waals surface area contributed by atoms with Crippen molar-refractivity contribution in [3.05, 3.63) is 0 Å². The Morgan fingerprint density at radius 2 is 1.72 bits per heavy atom. The van der Waals surface area contributed by atoms with Crippen LogP contribution < -0.4 is 5.73 Å². The van der Waals surface area contributed by atoms with Crippen LogP contribution in [0.3, 0.4) is 0 Å². The van der Waals surface area contributed by atoms with Gasteiger partial charge in [-0.1, -0.05) is 33.1 Å². The molecule has 1 saturated heterocycles. The molecule has 106 valence electrons. The molecule has 3 unspecified atom stereocenters. The van der Waals surface area contributed by atoms with Crippen LogP contribution >= 0.6 is 0 Å². The maximum atomic E-state index is 6.39. The van der Waals surface area contributed by atoms with Crippen molar-refractivity contribution in [1.82, 2.24) is 4.90 Å². The monoisotopic (exact) mass is 252 g/mol. The molecule has 1 aliphatic carbocycles. The Bertz CT molecular complexity index is 233. The zero-order valence-corrected chi connectivity index (χ0v) is 12.4. The van der Waals surface area contributed by atoms with E-state index in [4.69, 9.17) is 5.73 Å². The maximum Gasteiger partial charge on any atom is 0.0249 e. The molecule has 0 radical (unpaired) electrons. The van der Waals surface area contributed by atoms with E-state index < -0.39 is 0 Å². The number of likely N-dealkylation sites (tertiary alicyclic amines) is 1. The molecular weight excluding hydrogens is 220 g/mol. The molecule has 1 aliphatic heterocycles. The van der Waals surface area contributed by atoms with Crippen LogP contribution in [-0.2, 0) is 0 Å². The summed E-state index contributed by atoms with van der Waals surface area (Å²) in [5.74, 6) is 1.93. The number of hydrogen-bond donors (Lipinski definition) is 1. The molecule has 2 heteroatoms. The predicted octanol–water partition coefficient (Wildman–Crippen LogP) is 3.40. The summed E-state index contributed by atoms with van der Waals surface area (Å²) >= 11 is 0. The van der Waals surface area contributed by atoms with Gasteiger partial charge < -0.3 is 5.73 Å². The minimum absolute atomic E-state index is 0.441. The third kappa shape index (κ3) is 3.48. The first-order valence-electron chi connectivity index (χ1n) is 8.24. The van der Waals surface area contributed by atoms with E-state index in [0.717, 1.165) is 11.8 Å². The predicted molar refractivity (Wildman–Crippen MR) is 78.6 cm³/mol. The standard InChI is InChI=1S/C16H32N2/c1-3-5-14-6-7-15(17)16(12-14)18-10-8-13(4-2)9-11-18/h13-16H,3-12,17H2,1-2H3. The summed E-state index contributed by atoms with van der Waals surface area (Å²) in [6, 6.07) is 1.13. The molecule has 0 aromatic carbocycles. The number of nitrogens with two attached hydrogens (primary N) is 1. The van der Waals surface area contributed by atoms with Gasteiger partial charge in [0.25, 0.3) is 0 Å². The third-order valence-electron chi connectivity index (χ3n) is 5.37. The quantitative estimate of drug-likeness (QED) is 0.831. The minimum Gasteiger partial charge on any atom is -0.326 e. The number of nitrogens with zero attached hydrogens (tertiary/aromatic N) is 1. The van der Waals surface area contributed by atoms with E-state index in [-0.39, 0.29) is 0 Å². The van der Waals surface area contributed by atoms with Crippen LogP contribution in [0.25, 0.3) is 0 Å². The SMILES string of the molecule is CCCC1CCC(N)C(N2CCC(CC)CC2)C1. The molecule has 1 heterocycles. The van der Waals surface area contributed by atoms with Crippen molar-refractivity contribution in [2.24, 2.45) is 17.6 Å². The molecular formula is C16H32N2. The first-order valence-corrected chi connectivity index (χ1v) is 8.24. The zero-order valence-electron chi connectivity index (χ0n) is 12.4. The number of rotatable bonds is 4.